The normalized spacial score (nSPS) is 10.8. The number of aromatic nitrogens is 6. The first-order valence-corrected chi connectivity index (χ1v) is 18.3. The van der Waals surface area contributed by atoms with Crippen molar-refractivity contribution in [3.63, 3.8) is 0 Å². The van der Waals surface area contributed by atoms with Gasteiger partial charge in [0.1, 0.15) is 11.5 Å². The van der Waals surface area contributed by atoms with Crippen molar-refractivity contribution in [2.24, 2.45) is 0 Å². The molecule has 0 aliphatic rings. The van der Waals surface area contributed by atoms with Crippen molar-refractivity contribution in [3.05, 3.63) is 199 Å². The van der Waals surface area contributed by atoms with Gasteiger partial charge in [-0.1, -0.05) is 146 Å². The molecule has 0 saturated heterocycles. The molecule has 9 aromatic rings. The molecule has 0 bridgehead atoms. The topological polar surface area (TPSA) is 90.9 Å². The number of rotatable bonds is 9. The molecule has 57 heavy (non-hydrogen) atoms. The minimum Gasteiger partial charge on any atom is -0.457 e. The van der Waals surface area contributed by atoms with Crippen LogP contribution < -0.4 is 4.74 Å². The molecule has 2 heterocycles. The first kappa shape index (κ1) is 34.6. The SMILES string of the molecule is [C-]#[N+]c1cccc(-c2ccc(-c3nc(-c4ccccc4)nc(-c4ccccc4Oc4ccc(-c5nc(-c6ccccc6)nc(-c6ccccc6)n5)cc4)n3)cc2)c1. The molecular weight excluding hydrogens is 703 g/mol. The zero-order valence-electron chi connectivity index (χ0n) is 30.4. The van der Waals surface area contributed by atoms with E-state index in [0.29, 0.717) is 57.7 Å². The third-order valence-corrected chi connectivity index (χ3v) is 9.29. The van der Waals surface area contributed by atoms with Crippen molar-refractivity contribution in [1.29, 1.82) is 0 Å². The fraction of sp³-hybridized carbons (Fsp3) is 0. The van der Waals surface area contributed by atoms with Gasteiger partial charge < -0.3 is 4.74 Å². The fourth-order valence-corrected chi connectivity index (χ4v) is 6.39. The molecule has 0 aliphatic carbocycles. The zero-order chi connectivity index (χ0) is 38.4. The van der Waals surface area contributed by atoms with Gasteiger partial charge in [0.2, 0.25) is 0 Å². The molecule has 9 rings (SSSR count). The van der Waals surface area contributed by atoms with Gasteiger partial charge in [-0.25, -0.2) is 34.7 Å². The molecule has 0 N–H and O–H groups in total. The molecule has 0 saturated carbocycles. The minimum atomic E-state index is 0.479. The zero-order valence-corrected chi connectivity index (χ0v) is 30.4. The predicted molar refractivity (Wildman–Crippen MR) is 224 cm³/mol. The highest BCUT2D eigenvalue weighted by Gasteiger charge is 2.17. The van der Waals surface area contributed by atoms with Crippen LogP contribution in [0.25, 0.3) is 84.3 Å². The van der Waals surface area contributed by atoms with E-state index in [2.05, 4.69) is 4.85 Å². The van der Waals surface area contributed by atoms with Crippen LogP contribution in [-0.4, -0.2) is 29.9 Å². The van der Waals surface area contributed by atoms with Crippen LogP contribution in [0.1, 0.15) is 0 Å². The molecule has 7 aromatic carbocycles. The van der Waals surface area contributed by atoms with E-state index >= 15 is 0 Å². The summed E-state index contributed by atoms with van der Waals surface area (Å²) in [4.78, 5) is 33.0. The molecule has 0 spiro atoms. The van der Waals surface area contributed by atoms with Crippen molar-refractivity contribution in [2.45, 2.75) is 0 Å². The average Bonchev–Trinajstić information content (AvgIpc) is 3.30. The average molecular weight is 734 g/mol. The first-order chi connectivity index (χ1) is 28.2. The number of nitrogens with zero attached hydrogens (tertiary/aromatic N) is 7. The molecule has 0 amide bonds. The van der Waals surface area contributed by atoms with Crippen molar-refractivity contribution in [2.75, 3.05) is 0 Å². The van der Waals surface area contributed by atoms with Crippen molar-refractivity contribution in [3.8, 4) is 91.0 Å². The van der Waals surface area contributed by atoms with Crippen molar-refractivity contribution < 1.29 is 4.74 Å². The lowest BCUT2D eigenvalue weighted by molar-refractivity contribution is 0.484. The number of ether oxygens (including phenoxy) is 1. The van der Waals surface area contributed by atoms with Gasteiger partial charge in [-0.05, 0) is 53.6 Å². The van der Waals surface area contributed by atoms with E-state index in [4.69, 9.17) is 41.2 Å². The van der Waals surface area contributed by atoms with Gasteiger partial charge in [0.25, 0.3) is 0 Å². The van der Waals surface area contributed by atoms with Crippen LogP contribution in [0.5, 0.6) is 11.5 Å². The van der Waals surface area contributed by atoms with E-state index < -0.39 is 0 Å². The summed E-state index contributed by atoms with van der Waals surface area (Å²) in [5.74, 6) is 4.53. The number of hydrogen-bond donors (Lipinski definition) is 0. The highest BCUT2D eigenvalue weighted by atomic mass is 16.5. The second-order valence-corrected chi connectivity index (χ2v) is 13.1. The Morgan fingerprint density at radius 3 is 1.21 bits per heavy atom. The molecule has 8 nitrogen and oxygen atoms in total. The lowest BCUT2D eigenvalue weighted by atomic mass is 10.0. The summed E-state index contributed by atoms with van der Waals surface area (Å²) in [6, 6.07) is 60.8. The monoisotopic (exact) mass is 733 g/mol. The third-order valence-electron chi connectivity index (χ3n) is 9.29. The van der Waals surface area contributed by atoms with Gasteiger partial charge in [0.15, 0.2) is 40.6 Å². The summed E-state index contributed by atoms with van der Waals surface area (Å²) in [6.45, 7) is 7.40. The Labute approximate surface area is 329 Å². The summed E-state index contributed by atoms with van der Waals surface area (Å²) in [7, 11) is 0. The Hall–Kier alpha value is -8.15. The maximum Gasteiger partial charge on any atom is 0.187 e. The van der Waals surface area contributed by atoms with E-state index in [1.807, 2.05) is 182 Å². The first-order valence-electron chi connectivity index (χ1n) is 18.3. The minimum absolute atomic E-state index is 0.479. The Bertz CT molecular complexity index is 2800. The fourth-order valence-electron chi connectivity index (χ4n) is 6.39. The highest BCUT2D eigenvalue weighted by Crippen LogP contribution is 2.35. The molecule has 0 radical (unpaired) electrons. The number of benzene rings is 7. The highest BCUT2D eigenvalue weighted by molar-refractivity contribution is 5.74. The second-order valence-electron chi connectivity index (χ2n) is 13.1. The van der Waals surface area contributed by atoms with E-state index in [0.717, 1.165) is 38.9 Å². The lowest BCUT2D eigenvalue weighted by Crippen LogP contribution is -2.01. The molecular formula is C49H31N7O. The van der Waals surface area contributed by atoms with Crippen molar-refractivity contribution in [1.82, 2.24) is 29.9 Å². The largest absolute Gasteiger partial charge is 0.457 e. The summed E-state index contributed by atoms with van der Waals surface area (Å²) < 4.78 is 6.54. The maximum atomic E-state index is 7.40. The Kier molecular flexibility index (Phi) is 9.52. The van der Waals surface area contributed by atoms with Crippen LogP contribution in [0.15, 0.2) is 188 Å². The molecule has 0 aliphatic heterocycles. The van der Waals surface area contributed by atoms with Gasteiger partial charge in [0, 0.05) is 27.8 Å². The van der Waals surface area contributed by atoms with Crippen LogP contribution in [0.2, 0.25) is 0 Å². The molecule has 8 heteroatoms. The van der Waals surface area contributed by atoms with Gasteiger partial charge in [-0.15, -0.1) is 0 Å². The third kappa shape index (κ3) is 7.63. The predicted octanol–water partition coefficient (Wildman–Crippen LogP) is 12.1. The van der Waals surface area contributed by atoms with Crippen LogP contribution in [0, 0.1) is 6.57 Å². The standard InChI is InChI=1S/C49H31N7O/c1-50-40-21-13-20-39(32-40)33-24-26-37(27-25-33)48-54-46(36-18-9-4-10-19-36)55-49(56-48)42-22-11-12-23-43(42)57-41-30-28-38(29-31-41)47-52-44(34-14-5-2-6-15-34)51-45(53-47)35-16-7-3-8-17-35/h2-32H. The molecule has 2 aromatic heterocycles. The van der Waals surface area contributed by atoms with Gasteiger partial charge in [-0.2, -0.15) is 0 Å². The Morgan fingerprint density at radius 1 is 0.333 bits per heavy atom. The van der Waals surface area contributed by atoms with Crippen LogP contribution in [0.4, 0.5) is 5.69 Å². The smallest absolute Gasteiger partial charge is 0.187 e. The van der Waals surface area contributed by atoms with Crippen LogP contribution in [-0.2, 0) is 0 Å². The van der Waals surface area contributed by atoms with E-state index in [1.165, 1.54) is 0 Å². The summed E-state index contributed by atoms with van der Waals surface area (Å²) in [5, 5.41) is 0. The van der Waals surface area contributed by atoms with E-state index in [9.17, 15) is 0 Å². The van der Waals surface area contributed by atoms with E-state index in [-0.39, 0.29) is 0 Å². The van der Waals surface area contributed by atoms with Crippen LogP contribution in [0.3, 0.4) is 0 Å². The number of para-hydroxylation sites is 1. The van der Waals surface area contributed by atoms with Gasteiger partial charge in [0.05, 0.1) is 12.1 Å². The summed E-state index contributed by atoms with van der Waals surface area (Å²) in [6.07, 6.45) is 0. The summed E-state index contributed by atoms with van der Waals surface area (Å²) in [5.41, 5.74) is 7.62. The molecule has 0 atom stereocenters. The van der Waals surface area contributed by atoms with E-state index in [1.54, 1.807) is 6.07 Å². The maximum absolute atomic E-state index is 7.40. The van der Waals surface area contributed by atoms with Gasteiger partial charge in [-0.3, -0.25) is 0 Å². The Balaban J connectivity index is 1.05. The Morgan fingerprint density at radius 2 is 0.719 bits per heavy atom. The molecule has 0 unspecified atom stereocenters. The van der Waals surface area contributed by atoms with Gasteiger partial charge >= 0.3 is 0 Å². The van der Waals surface area contributed by atoms with Crippen LogP contribution >= 0.6 is 0 Å². The van der Waals surface area contributed by atoms with Crippen molar-refractivity contribution >= 4 is 5.69 Å². The molecule has 0 fully saturated rings. The molecule has 268 valence electrons. The quantitative estimate of drug-likeness (QED) is 0.136. The lowest BCUT2D eigenvalue weighted by Gasteiger charge is -2.13. The summed E-state index contributed by atoms with van der Waals surface area (Å²) >= 11 is 0. The number of hydrogen-bond acceptors (Lipinski definition) is 7. The second kappa shape index (κ2) is 15.7.